The van der Waals surface area contributed by atoms with E-state index in [1.165, 1.54) is 27.8 Å². The molecule has 0 N–H and O–H groups in total. The Labute approximate surface area is 209 Å². The van der Waals surface area contributed by atoms with Crippen LogP contribution < -0.4 is 0 Å². The lowest BCUT2D eigenvalue weighted by atomic mass is 9.85. The average Bonchev–Trinajstić information content (AvgIpc) is 3.21. The monoisotopic (exact) mass is 461 g/mol. The zero-order valence-corrected chi connectivity index (χ0v) is 21.7. The van der Waals surface area contributed by atoms with E-state index < -0.39 is 0 Å². The third-order valence-electron chi connectivity index (χ3n) is 6.90. The van der Waals surface area contributed by atoms with Crippen molar-refractivity contribution in [3.8, 4) is 22.4 Å². The molecular formula is C33H35NO. The molecule has 0 atom stereocenters. The highest BCUT2D eigenvalue weighted by molar-refractivity contribution is 6.10. The Morgan fingerprint density at radius 2 is 1.46 bits per heavy atom. The van der Waals surface area contributed by atoms with E-state index in [0.717, 1.165) is 39.6 Å². The van der Waals surface area contributed by atoms with Crippen LogP contribution in [-0.4, -0.2) is 4.98 Å². The summed E-state index contributed by atoms with van der Waals surface area (Å²) >= 11 is 0. The van der Waals surface area contributed by atoms with Gasteiger partial charge in [0.05, 0.1) is 5.69 Å². The van der Waals surface area contributed by atoms with Gasteiger partial charge in [-0.1, -0.05) is 77.9 Å². The number of hydrogen-bond donors (Lipinski definition) is 0. The summed E-state index contributed by atoms with van der Waals surface area (Å²) in [6, 6.07) is 24.2. The van der Waals surface area contributed by atoms with Crippen molar-refractivity contribution in [3.63, 3.8) is 0 Å². The second kappa shape index (κ2) is 9.34. The third-order valence-corrected chi connectivity index (χ3v) is 6.90. The van der Waals surface area contributed by atoms with Crippen LogP contribution in [0.25, 0.3) is 44.3 Å². The van der Waals surface area contributed by atoms with E-state index >= 15 is 0 Å². The summed E-state index contributed by atoms with van der Waals surface area (Å²) in [5.41, 5.74) is 10.5. The molecule has 0 aliphatic carbocycles. The van der Waals surface area contributed by atoms with Crippen LogP contribution in [0, 0.1) is 5.92 Å². The number of pyridine rings is 1. The summed E-state index contributed by atoms with van der Waals surface area (Å²) < 4.78 is 6.58. The fourth-order valence-electron chi connectivity index (χ4n) is 5.26. The molecule has 0 aliphatic heterocycles. The third kappa shape index (κ3) is 4.38. The van der Waals surface area contributed by atoms with Crippen molar-refractivity contribution in [2.45, 2.75) is 59.8 Å². The van der Waals surface area contributed by atoms with Gasteiger partial charge in [0.2, 0.25) is 0 Å². The van der Waals surface area contributed by atoms with Crippen LogP contribution in [0.3, 0.4) is 0 Å². The maximum absolute atomic E-state index is 6.58. The molecule has 0 aliphatic rings. The van der Waals surface area contributed by atoms with E-state index in [1.807, 2.05) is 6.20 Å². The van der Waals surface area contributed by atoms with Crippen LogP contribution in [0.4, 0.5) is 0 Å². The lowest BCUT2D eigenvalue weighted by Gasteiger charge is -2.20. The number of hydrogen-bond acceptors (Lipinski definition) is 2. The molecule has 0 spiro atoms. The topological polar surface area (TPSA) is 26.0 Å². The molecule has 0 saturated heterocycles. The quantitative estimate of drug-likeness (QED) is 0.251. The van der Waals surface area contributed by atoms with Crippen molar-refractivity contribution in [2.75, 3.05) is 0 Å². The lowest BCUT2D eigenvalue weighted by molar-refractivity contribution is 0.647. The number of para-hydroxylation sites is 1. The van der Waals surface area contributed by atoms with Crippen molar-refractivity contribution < 1.29 is 4.42 Å². The van der Waals surface area contributed by atoms with Crippen molar-refractivity contribution in [1.82, 2.24) is 4.98 Å². The number of furan rings is 1. The van der Waals surface area contributed by atoms with Crippen molar-refractivity contribution >= 4 is 21.9 Å². The van der Waals surface area contributed by atoms with E-state index in [1.54, 1.807) is 0 Å². The molecule has 3 aromatic carbocycles. The number of rotatable bonds is 6. The minimum Gasteiger partial charge on any atom is -0.455 e. The Kier molecular flexibility index (Phi) is 6.23. The molecule has 2 heteroatoms. The standard InChI is InChI=1S/C33H35NO/c1-20(2)17-23-15-16-34-30(18-23)29-12-8-11-28-27-14-13-24(19-31(27)35-33(28)29)32-25(21(3)4)9-7-10-26(32)22(5)6/h7-16,18-22H,17H2,1-6H3. The Balaban J connectivity index is 1.69. The second-order valence-corrected chi connectivity index (χ2v) is 10.8. The highest BCUT2D eigenvalue weighted by atomic mass is 16.3. The van der Waals surface area contributed by atoms with Gasteiger partial charge in [0.25, 0.3) is 0 Å². The number of nitrogens with zero attached hydrogens (tertiary/aromatic N) is 1. The Hall–Kier alpha value is -3.39. The van der Waals surface area contributed by atoms with Gasteiger partial charge in [0.15, 0.2) is 0 Å². The highest BCUT2D eigenvalue weighted by Gasteiger charge is 2.18. The van der Waals surface area contributed by atoms with Gasteiger partial charge < -0.3 is 4.42 Å². The Bertz CT molecular complexity index is 1480. The summed E-state index contributed by atoms with van der Waals surface area (Å²) in [6.45, 7) is 13.6. The number of fused-ring (bicyclic) bond motifs is 3. The van der Waals surface area contributed by atoms with E-state index in [9.17, 15) is 0 Å². The first-order valence-corrected chi connectivity index (χ1v) is 12.9. The van der Waals surface area contributed by atoms with Gasteiger partial charge in [-0.25, -0.2) is 0 Å². The summed E-state index contributed by atoms with van der Waals surface area (Å²) in [5, 5.41) is 2.29. The van der Waals surface area contributed by atoms with Crippen LogP contribution in [0.2, 0.25) is 0 Å². The lowest BCUT2D eigenvalue weighted by Crippen LogP contribution is -1.99. The van der Waals surface area contributed by atoms with Crippen LogP contribution in [0.5, 0.6) is 0 Å². The normalized spacial score (nSPS) is 12.0. The van der Waals surface area contributed by atoms with Gasteiger partial charge in [-0.05, 0) is 82.3 Å². The summed E-state index contributed by atoms with van der Waals surface area (Å²) in [4.78, 5) is 4.70. The predicted molar refractivity (Wildman–Crippen MR) is 149 cm³/mol. The first-order valence-electron chi connectivity index (χ1n) is 12.9. The fraction of sp³-hybridized carbons (Fsp3) is 0.303. The van der Waals surface area contributed by atoms with Crippen LogP contribution >= 0.6 is 0 Å². The Morgan fingerprint density at radius 1 is 0.743 bits per heavy atom. The van der Waals surface area contributed by atoms with E-state index in [0.29, 0.717) is 17.8 Å². The second-order valence-electron chi connectivity index (χ2n) is 10.8. The molecule has 0 bridgehead atoms. The molecule has 35 heavy (non-hydrogen) atoms. The van der Waals surface area contributed by atoms with Crippen LogP contribution in [-0.2, 0) is 6.42 Å². The SMILES string of the molecule is CC(C)Cc1ccnc(-c2cccc3c2oc2cc(-c4c(C(C)C)cccc4C(C)C)ccc23)c1. The smallest absolute Gasteiger partial charge is 0.144 e. The minimum absolute atomic E-state index is 0.450. The maximum Gasteiger partial charge on any atom is 0.144 e. The average molecular weight is 462 g/mol. The van der Waals surface area contributed by atoms with Crippen LogP contribution in [0.15, 0.2) is 77.3 Å². The van der Waals surface area contributed by atoms with Gasteiger partial charge in [-0.3, -0.25) is 4.98 Å². The molecule has 0 unspecified atom stereocenters. The van der Waals surface area contributed by atoms with Crippen molar-refractivity contribution in [2.24, 2.45) is 5.92 Å². The van der Waals surface area contributed by atoms with Crippen molar-refractivity contribution in [1.29, 1.82) is 0 Å². The molecule has 2 aromatic heterocycles. The van der Waals surface area contributed by atoms with E-state index in [4.69, 9.17) is 9.40 Å². The largest absolute Gasteiger partial charge is 0.455 e. The molecule has 2 heterocycles. The van der Waals surface area contributed by atoms with Gasteiger partial charge in [0.1, 0.15) is 11.2 Å². The predicted octanol–water partition coefficient (Wildman–Crippen LogP) is 9.76. The van der Waals surface area contributed by atoms with Crippen LogP contribution in [0.1, 0.15) is 70.1 Å². The van der Waals surface area contributed by atoms with E-state index in [-0.39, 0.29) is 0 Å². The van der Waals surface area contributed by atoms with Gasteiger partial charge in [-0.15, -0.1) is 0 Å². The highest BCUT2D eigenvalue weighted by Crippen LogP contribution is 2.40. The molecular weight excluding hydrogens is 426 g/mol. The number of aromatic nitrogens is 1. The molecule has 5 rings (SSSR count). The molecule has 0 amide bonds. The van der Waals surface area contributed by atoms with Gasteiger partial charge >= 0.3 is 0 Å². The molecule has 0 saturated carbocycles. The number of benzene rings is 3. The molecule has 2 nitrogen and oxygen atoms in total. The maximum atomic E-state index is 6.58. The zero-order valence-electron chi connectivity index (χ0n) is 21.7. The zero-order chi connectivity index (χ0) is 24.7. The Morgan fingerprint density at radius 3 is 2.14 bits per heavy atom. The van der Waals surface area contributed by atoms with E-state index in [2.05, 4.69) is 108 Å². The minimum atomic E-state index is 0.450. The summed E-state index contributed by atoms with van der Waals surface area (Å²) in [7, 11) is 0. The van der Waals surface area contributed by atoms with Crippen molar-refractivity contribution in [3.05, 3.63) is 89.6 Å². The molecule has 5 aromatic rings. The molecule has 0 radical (unpaired) electrons. The van der Waals surface area contributed by atoms with Gasteiger partial charge in [-0.2, -0.15) is 0 Å². The fourth-order valence-corrected chi connectivity index (χ4v) is 5.26. The van der Waals surface area contributed by atoms with Gasteiger partial charge in [0, 0.05) is 22.5 Å². The summed E-state index contributed by atoms with van der Waals surface area (Å²) in [5.74, 6) is 1.51. The first kappa shape index (κ1) is 23.4. The molecule has 178 valence electrons. The molecule has 0 fully saturated rings. The summed E-state index contributed by atoms with van der Waals surface area (Å²) in [6.07, 6.45) is 2.96. The first-order chi connectivity index (χ1) is 16.8.